The highest BCUT2D eigenvalue weighted by molar-refractivity contribution is 6.32. The van der Waals surface area contributed by atoms with E-state index in [9.17, 15) is 29.2 Å². The highest BCUT2D eigenvalue weighted by Crippen LogP contribution is 2.40. The van der Waals surface area contributed by atoms with Crippen molar-refractivity contribution < 1.29 is 28.7 Å². The molecule has 6 aliphatic heterocycles. The van der Waals surface area contributed by atoms with Crippen LogP contribution in [0.25, 0.3) is 0 Å². The lowest BCUT2D eigenvalue weighted by molar-refractivity contribution is -0.136. The molecule has 0 radical (unpaired) electrons. The summed E-state index contributed by atoms with van der Waals surface area (Å²) in [7, 11) is 0. The van der Waals surface area contributed by atoms with E-state index in [0.717, 1.165) is 106 Å². The second-order valence-electron chi connectivity index (χ2n) is 17.3. The maximum atomic E-state index is 13.8. The van der Waals surface area contributed by atoms with Gasteiger partial charge < -0.3 is 19.4 Å². The molecule has 5 saturated heterocycles. The number of rotatable bonds is 8. The first-order valence-corrected chi connectivity index (χ1v) is 21.6. The van der Waals surface area contributed by atoms with Crippen LogP contribution in [0.15, 0.2) is 54.6 Å². The minimum absolute atomic E-state index is 0.000764. The quantitative estimate of drug-likeness (QED) is 0.262. The number of likely N-dealkylation sites (tertiary alicyclic amines) is 1. The number of fused-ring (bicyclic) bond motifs is 3. The number of nitrogens with zero attached hydrogens (tertiary/aromatic N) is 5. The molecule has 12 nitrogen and oxygen atoms in total. The van der Waals surface area contributed by atoms with Gasteiger partial charge in [0.05, 0.1) is 21.7 Å². The number of halogens is 1. The van der Waals surface area contributed by atoms with E-state index >= 15 is 0 Å². The molecular weight excluding hydrogens is 768 g/mol. The smallest absolute Gasteiger partial charge is 0.262 e. The van der Waals surface area contributed by atoms with Crippen LogP contribution in [0.4, 0.5) is 5.69 Å². The molecule has 9 rings (SSSR count). The topological polar surface area (TPSA) is 143 Å². The summed E-state index contributed by atoms with van der Waals surface area (Å²) in [5.74, 6) is -0.0724. The van der Waals surface area contributed by atoms with E-state index in [2.05, 4.69) is 38.2 Å². The Morgan fingerprint density at radius 3 is 2.22 bits per heavy atom. The average molecular weight is 817 g/mol. The number of ether oxygens (including phenoxy) is 1. The number of carbonyl (C=O) groups is 5. The van der Waals surface area contributed by atoms with Crippen molar-refractivity contribution in [3.8, 4) is 11.8 Å². The molecule has 1 N–H and O–H groups in total. The Morgan fingerprint density at radius 1 is 0.847 bits per heavy atom. The zero-order valence-electron chi connectivity index (χ0n) is 33.3. The number of hydrogen-bond acceptors (Lipinski definition) is 9. The molecule has 5 fully saturated rings. The molecule has 0 aromatic heterocycles. The summed E-state index contributed by atoms with van der Waals surface area (Å²) in [6.07, 6.45) is 8.02. The lowest BCUT2D eigenvalue weighted by Gasteiger charge is -2.39. The number of amides is 5. The van der Waals surface area contributed by atoms with Crippen LogP contribution in [0.3, 0.4) is 0 Å². The van der Waals surface area contributed by atoms with Crippen molar-refractivity contribution in [3.05, 3.63) is 93.0 Å². The standard InChI is InChI=1S/C46H49ClN6O6/c1-27-40(12-6-32(25-48)42(27)47)59-36-22-34-7-8-35(23-36)52(34)44(56)31-4-2-29(3-5-31)30-16-18-50(19-17-30)26-28-14-20-51(21-15-28)33-9-10-37-38(24-33)46(58)53(45(37)57)39-11-13-41(54)49-43(39)55/h2-6,9-10,12,24,28,30,34-36,39H,7-8,11,13-23,26H2,1H3,(H,49,54,55)/t34-,35+,36+,39?. The normalized spacial score (nSPS) is 25.3. The highest BCUT2D eigenvalue weighted by atomic mass is 35.5. The van der Waals surface area contributed by atoms with Gasteiger partial charge in [-0.05, 0) is 125 Å². The molecular formula is C46H49ClN6O6. The molecule has 306 valence electrons. The third-order valence-corrected chi connectivity index (χ3v) is 14.3. The number of anilines is 1. The largest absolute Gasteiger partial charge is 0.490 e. The lowest BCUT2D eigenvalue weighted by Crippen LogP contribution is -2.54. The number of piperidine rings is 4. The van der Waals surface area contributed by atoms with Crippen molar-refractivity contribution in [1.29, 1.82) is 5.26 Å². The molecule has 0 aliphatic carbocycles. The van der Waals surface area contributed by atoms with Gasteiger partial charge in [0, 0.05) is 67.8 Å². The maximum Gasteiger partial charge on any atom is 0.262 e. The number of nitriles is 1. The summed E-state index contributed by atoms with van der Waals surface area (Å²) in [5.41, 5.74) is 4.80. The molecule has 0 spiro atoms. The van der Waals surface area contributed by atoms with Gasteiger partial charge in [0.15, 0.2) is 0 Å². The van der Waals surface area contributed by atoms with E-state index in [4.69, 9.17) is 16.3 Å². The van der Waals surface area contributed by atoms with Gasteiger partial charge in [-0.25, -0.2) is 0 Å². The minimum Gasteiger partial charge on any atom is -0.490 e. The summed E-state index contributed by atoms with van der Waals surface area (Å²) >= 11 is 6.40. The Balaban J connectivity index is 0.732. The van der Waals surface area contributed by atoms with Gasteiger partial charge in [0.1, 0.15) is 24.0 Å². The number of carbonyl (C=O) groups excluding carboxylic acids is 5. The summed E-state index contributed by atoms with van der Waals surface area (Å²) in [5, 5.41) is 12.0. The van der Waals surface area contributed by atoms with Crippen LogP contribution in [0, 0.1) is 24.2 Å². The van der Waals surface area contributed by atoms with Gasteiger partial charge in [-0.2, -0.15) is 5.26 Å². The fourth-order valence-electron chi connectivity index (χ4n) is 10.5. The van der Waals surface area contributed by atoms with E-state index in [1.165, 1.54) is 5.56 Å². The number of hydrogen-bond donors (Lipinski definition) is 1. The van der Waals surface area contributed by atoms with Gasteiger partial charge >= 0.3 is 0 Å². The average Bonchev–Trinajstić information content (AvgIpc) is 3.66. The second-order valence-corrected chi connectivity index (χ2v) is 17.7. The summed E-state index contributed by atoms with van der Waals surface area (Å²) in [6.45, 7) is 6.77. The fourth-order valence-corrected chi connectivity index (χ4v) is 10.7. The van der Waals surface area contributed by atoms with Crippen molar-refractivity contribution in [2.75, 3.05) is 37.6 Å². The van der Waals surface area contributed by atoms with E-state index in [1.54, 1.807) is 18.2 Å². The van der Waals surface area contributed by atoms with Crippen LogP contribution >= 0.6 is 11.6 Å². The third-order valence-electron chi connectivity index (χ3n) is 13.8. The van der Waals surface area contributed by atoms with Crippen molar-refractivity contribution in [2.24, 2.45) is 5.92 Å². The van der Waals surface area contributed by atoms with E-state index in [-0.39, 0.29) is 42.8 Å². The molecule has 3 aromatic rings. The van der Waals surface area contributed by atoms with Crippen LogP contribution < -0.4 is 15.0 Å². The van der Waals surface area contributed by atoms with Crippen molar-refractivity contribution in [2.45, 2.75) is 101 Å². The number of nitrogens with one attached hydrogen (secondary N) is 1. The van der Waals surface area contributed by atoms with Gasteiger partial charge in [-0.1, -0.05) is 23.7 Å². The molecule has 1 unspecified atom stereocenters. The second kappa shape index (κ2) is 16.1. The molecule has 6 heterocycles. The van der Waals surface area contributed by atoms with E-state index in [0.29, 0.717) is 39.3 Å². The third kappa shape index (κ3) is 7.48. The molecule has 3 aromatic carbocycles. The summed E-state index contributed by atoms with van der Waals surface area (Å²) < 4.78 is 6.40. The summed E-state index contributed by atoms with van der Waals surface area (Å²) in [6, 6.07) is 18.7. The predicted molar refractivity (Wildman–Crippen MR) is 220 cm³/mol. The Labute approximate surface area is 349 Å². The SMILES string of the molecule is Cc1c(O[C@H]2C[C@H]3CC[C@@H](C2)N3C(=O)c2ccc(C3CCN(CC4CCN(c5ccc6c(c5)C(=O)N(C5CCC(=O)NC5=O)C6=O)CC4)CC3)cc2)ccc(C#N)c1Cl. The van der Waals surface area contributed by atoms with Gasteiger partial charge in [0.2, 0.25) is 11.8 Å². The van der Waals surface area contributed by atoms with Crippen LogP contribution in [-0.2, 0) is 9.59 Å². The lowest BCUT2D eigenvalue weighted by atomic mass is 9.87. The molecule has 2 bridgehead atoms. The minimum atomic E-state index is -0.966. The van der Waals surface area contributed by atoms with Gasteiger partial charge in [0.25, 0.3) is 17.7 Å². The Bertz CT molecular complexity index is 2230. The first-order valence-electron chi connectivity index (χ1n) is 21.2. The van der Waals surface area contributed by atoms with Crippen molar-refractivity contribution >= 4 is 46.8 Å². The van der Waals surface area contributed by atoms with Crippen molar-refractivity contribution in [1.82, 2.24) is 20.0 Å². The molecule has 6 aliphatic rings. The Hall–Kier alpha value is -5.25. The van der Waals surface area contributed by atoms with Crippen LogP contribution in [0.5, 0.6) is 5.75 Å². The van der Waals surface area contributed by atoms with E-state index < -0.39 is 23.8 Å². The zero-order chi connectivity index (χ0) is 40.9. The predicted octanol–water partition coefficient (Wildman–Crippen LogP) is 6.23. The van der Waals surface area contributed by atoms with Crippen LogP contribution in [-0.4, -0.2) is 101 Å². The highest BCUT2D eigenvalue weighted by Gasteiger charge is 2.46. The molecule has 13 heteroatoms. The number of imide groups is 2. The van der Waals surface area contributed by atoms with Crippen molar-refractivity contribution in [3.63, 3.8) is 0 Å². The van der Waals surface area contributed by atoms with Gasteiger partial charge in [-0.15, -0.1) is 0 Å². The van der Waals surface area contributed by atoms with E-state index in [1.807, 2.05) is 31.2 Å². The molecule has 59 heavy (non-hydrogen) atoms. The molecule has 4 atom stereocenters. The fraction of sp³-hybridized carbons (Fsp3) is 0.478. The van der Waals surface area contributed by atoms with Crippen LogP contribution in [0.1, 0.15) is 118 Å². The molecule has 0 saturated carbocycles. The monoisotopic (exact) mass is 816 g/mol. The zero-order valence-corrected chi connectivity index (χ0v) is 34.1. The maximum absolute atomic E-state index is 13.8. The first kappa shape index (κ1) is 39.2. The Kier molecular flexibility index (Phi) is 10.7. The summed E-state index contributed by atoms with van der Waals surface area (Å²) in [4.78, 5) is 72.4. The Morgan fingerprint density at radius 2 is 1.54 bits per heavy atom. The molecule has 5 amide bonds. The first-order chi connectivity index (χ1) is 28.6. The van der Waals surface area contributed by atoms with Crippen LogP contribution in [0.2, 0.25) is 5.02 Å². The van der Waals surface area contributed by atoms with Gasteiger partial charge in [-0.3, -0.25) is 34.2 Å². The number of benzene rings is 3.